The fourth-order valence-electron chi connectivity index (χ4n) is 1.79. The number of carboxylic acids is 1. The molecule has 1 aromatic rings. The van der Waals surface area contributed by atoms with E-state index in [0.29, 0.717) is 11.3 Å². The number of thioether (sulfide) groups is 1. The van der Waals surface area contributed by atoms with Crippen molar-refractivity contribution >= 4 is 46.3 Å². The van der Waals surface area contributed by atoms with Gasteiger partial charge in [-0.1, -0.05) is 30.9 Å². The lowest BCUT2D eigenvalue weighted by Gasteiger charge is -2.21. The molecule has 1 atom stereocenters. The van der Waals surface area contributed by atoms with Crippen LogP contribution in [-0.2, 0) is 9.59 Å². The molecule has 7 heteroatoms. The maximum Gasteiger partial charge on any atom is 0.326 e. The van der Waals surface area contributed by atoms with Crippen molar-refractivity contribution in [2.24, 2.45) is 0 Å². The lowest BCUT2D eigenvalue weighted by Crippen LogP contribution is -2.43. The number of carbonyl (C=O) groups is 2. The van der Waals surface area contributed by atoms with Crippen LogP contribution in [0.1, 0.15) is 19.0 Å². The Morgan fingerprint density at radius 1 is 1.68 bits per heavy atom. The summed E-state index contributed by atoms with van der Waals surface area (Å²) in [6.07, 6.45) is 3.74. The normalized spacial score (nSPS) is 19.2. The van der Waals surface area contributed by atoms with E-state index in [-0.39, 0.29) is 10.2 Å². The van der Waals surface area contributed by atoms with Crippen LogP contribution in [0.15, 0.2) is 23.2 Å². The van der Waals surface area contributed by atoms with Crippen molar-refractivity contribution in [3.8, 4) is 0 Å². The van der Waals surface area contributed by atoms with Crippen molar-refractivity contribution in [1.29, 1.82) is 0 Å². The van der Waals surface area contributed by atoms with Crippen molar-refractivity contribution in [3.63, 3.8) is 0 Å². The number of aromatic nitrogens is 1. The highest BCUT2D eigenvalue weighted by Crippen LogP contribution is 2.34. The van der Waals surface area contributed by atoms with Crippen molar-refractivity contribution in [2.45, 2.75) is 19.4 Å². The van der Waals surface area contributed by atoms with Crippen LogP contribution >= 0.6 is 24.0 Å². The summed E-state index contributed by atoms with van der Waals surface area (Å²) in [7, 11) is 0. The Morgan fingerprint density at radius 3 is 2.95 bits per heavy atom. The SMILES string of the molecule is CC[C@H](C(=O)O)N1C(=O)/C(=C/c2ccc[nH]2)SC1=S. The number of aliphatic carboxylic acids is 1. The van der Waals surface area contributed by atoms with E-state index in [1.807, 2.05) is 12.1 Å². The second kappa shape index (κ2) is 5.58. The van der Waals surface area contributed by atoms with E-state index < -0.39 is 12.0 Å². The van der Waals surface area contributed by atoms with Gasteiger partial charge in [-0.25, -0.2) is 4.79 Å². The van der Waals surface area contributed by atoms with Crippen LogP contribution in [0.5, 0.6) is 0 Å². The number of carbonyl (C=O) groups excluding carboxylic acids is 1. The summed E-state index contributed by atoms with van der Waals surface area (Å²) >= 11 is 6.23. The number of H-pyrrole nitrogens is 1. The highest BCUT2D eigenvalue weighted by molar-refractivity contribution is 8.26. The zero-order chi connectivity index (χ0) is 14.0. The number of hydrogen-bond acceptors (Lipinski definition) is 4. The largest absolute Gasteiger partial charge is 0.480 e. The molecule has 0 saturated carbocycles. The van der Waals surface area contributed by atoms with E-state index in [1.165, 1.54) is 4.90 Å². The summed E-state index contributed by atoms with van der Waals surface area (Å²) < 4.78 is 0.289. The Balaban J connectivity index is 2.28. The third-order valence-corrected chi connectivity index (χ3v) is 4.05. The van der Waals surface area contributed by atoms with Crippen molar-refractivity contribution < 1.29 is 14.7 Å². The molecule has 0 aliphatic carbocycles. The van der Waals surface area contributed by atoms with Gasteiger partial charge in [-0.15, -0.1) is 0 Å². The van der Waals surface area contributed by atoms with E-state index in [2.05, 4.69) is 4.98 Å². The molecule has 0 bridgehead atoms. The van der Waals surface area contributed by atoms with E-state index in [4.69, 9.17) is 17.3 Å². The lowest BCUT2D eigenvalue weighted by molar-refractivity contribution is -0.145. The first-order valence-electron chi connectivity index (χ1n) is 5.68. The van der Waals surface area contributed by atoms with Crippen molar-refractivity contribution in [3.05, 3.63) is 28.9 Å². The van der Waals surface area contributed by atoms with Gasteiger partial charge in [-0.05, 0) is 24.6 Å². The van der Waals surface area contributed by atoms with E-state index in [0.717, 1.165) is 17.5 Å². The number of thiocarbonyl (C=S) groups is 1. The first kappa shape index (κ1) is 13.8. The molecule has 2 heterocycles. The Kier molecular flexibility index (Phi) is 4.06. The predicted molar refractivity (Wildman–Crippen MR) is 77.5 cm³/mol. The number of nitrogens with zero attached hydrogens (tertiary/aromatic N) is 1. The number of nitrogens with one attached hydrogen (secondary N) is 1. The van der Waals surface area contributed by atoms with Crippen LogP contribution in [0.2, 0.25) is 0 Å². The minimum absolute atomic E-state index is 0.289. The number of carboxylic acid groups (broad SMARTS) is 1. The molecule has 19 heavy (non-hydrogen) atoms. The fourth-order valence-corrected chi connectivity index (χ4v) is 3.14. The monoisotopic (exact) mass is 296 g/mol. The first-order chi connectivity index (χ1) is 9.04. The minimum atomic E-state index is -1.04. The van der Waals surface area contributed by atoms with Crippen LogP contribution in [-0.4, -0.2) is 37.2 Å². The molecule has 2 rings (SSSR count). The molecule has 1 amide bonds. The molecule has 0 aromatic carbocycles. The minimum Gasteiger partial charge on any atom is -0.480 e. The Hall–Kier alpha value is -1.60. The Morgan fingerprint density at radius 2 is 2.42 bits per heavy atom. The molecule has 100 valence electrons. The third-order valence-electron chi connectivity index (χ3n) is 2.72. The smallest absolute Gasteiger partial charge is 0.326 e. The molecule has 1 saturated heterocycles. The maximum absolute atomic E-state index is 12.2. The molecule has 1 aliphatic heterocycles. The predicted octanol–water partition coefficient (Wildman–Crippen LogP) is 2.08. The molecule has 0 spiro atoms. The zero-order valence-electron chi connectivity index (χ0n) is 10.1. The molecule has 0 radical (unpaired) electrons. The molecule has 1 fully saturated rings. The summed E-state index contributed by atoms with van der Waals surface area (Å²) in [6, 6.07) is 2.74. The van der Waals surface area contributed by atoms with Gasteiger partial charge in [-0.2, -0.15) is 0 Å². The summed E-state index contributed by atoms with van der Waals surface area (Å²) in [5.74, 6) is -1.39. The Labute approximate surface area is 119 Å². The molecule has 5 nitrogen and oxygen atoms in total. The van der Waals surface area contributed by atoms with Gasteiger partial charge in [-0.3, -0.25) is 9.69 Å². The summed E-state index contributed by atoms with van der Waals surface area (Å²) in [6.45, 7) is 1.71. The van der Waals surface area contributed by atoms with Crippen LogP contribution in [0.25, 0.3) is 6.08 Å². The van der Waals surface area contributed by atoms with E-state index >= 15 is 0 Å². The maximum atomic E-state index is 12.2. The van der Waals surface area contributed by atoms with Crippen molar-refractivity contribution in [1.82, 2.24) is 9.88 Å². The van der Waals surface area contributed by atoms with Gasteiger partial charge in [0.25, 0.3) is 5.91 Å². The zero-order valence-corrected chi connectivity index (χ0v) is 11.8. The van der Waals surface area contributed by atoms with Crippen molar-refractivity contribution in [2.75, 3.05) is 0 Å². The fraction of sp³-hybridized carbons (Fsp3) is 0.250. The topological polar surface area (TPSA) is 73.4 Å². The molecule has 0 unspecified atom stereocenters. The van der Waals surface area contributed by atoms with Gasteiger partial charge in [0.05, 0.1) is 4.91 Å². The molecule has 1 aromatic heterocycles. The number of aromatic amines is 1. The van der Waals surface area contributed by atoms with Gasteiger partial charge in [0.1, 0.15) is 10.4 Å². The number of rotatable bonds is 4. The Bertz CT molecular complexity index is 551. The highest BCUT2D eigenvalue weighted by atomic mass is 32.2. The summed E-state index contributed by atoms with van der Waals surface area (Å²) in [4.78, 5) is 27.9. The van der Waals surface area contributed by atoms with Gasteiger partial charge in [0, 0.05) is 11.9 Å². The molecule has 2 N–H and O–H groups in total. The molecular weight excluding hydrogens is 284 g/mol. The summed E-state index contributed by atoms with van der Waals surface area (Å²) in [5.41, 5.74) is 0.781. The van der Waals surface area contributed by atoms with E-state index in [9.17, 15) is 9.59 Å². The second-order valence-electron chi connectivity index (χ2n) is 3.94. The van der Waals surface area contributed by atoms with Gasteiger partial charge >= 0.3 is 5.97 Å². The number of amides is 1. The lowest BCUT2D eigenvalue weighted by atomic mass is 10.2. The van der Waals surface area contributed by atoms with Crippen LogP contribution in [0, 0.1) is 0 Å². The number of hydrogen-bond donors (Lipinski definition) is 2. The standard InChI is InChI=1S/C12H12N2O3S2/c1-2-8(11(16)17)14-10(15)9(19-12(14)18)6-7-4-3-5-13-7/h3-6,8,13H,2H2,1H3,(H,16,17)/b9-6-/t8-/m1/s1. The van der Waals surface area contributed by atoms with Gasteiger partial charge in [0.15, 0.2) is 0 Å². The summed E-state index contributed by atoms with van der Waals surface area (Å²) in [5, 5.41) is 9.12. The molecular formula is C12H12N2O3S2. The highest BCUT2D eigenvalue weighted by Gasteiger charge is 2.39. The average Bonchev–Trinajstić information content (AvgIpc) is 2.94. The third kappa shape index (κ3) is 2.71. The van der Waals surface area contributed by atoms with Gasteiger partial charge < -0.3 is 10.1 Å². The van der Waals surface area contributed by atoms with Crippen LogP contribution < -0.4 is 0 Å². The second-order valence-corrected chi connectivity index (χ2v) is 5.62. The first-order valence-corrected chi connectivity index (χ1v) is 6.90. The van der Waals surface area contributed by atoms with E-state index in [1.54, 1.807) is 19.2 Å². The average molecular weight is 296 g/mol. The molecule has 1 aliphatic rings. The van der Waals surface area contributed by atoms with Crippen LogP contribution in [0.3, 0.4) is 0 Å². The quantitative estimate of drug-likeness (QED) is 0.657. The van der Waals surface area contributed by atoms with Gasteiger partial charge in [0.2, 0.25) is 0 Å². The van der Waals surface area contributed by atoms with Crippen LogP contribution in [0.4, 0.5) is 0 Å².